The van der Waals surface area contributed by atoms with Crippen molar-refractivity contribution in [3.8, 4) is 0 Å². The summed E-state index contributed by atoms with van der Waals surface area (Å²) in [5, 5.41) is 9.50. The summed E-state index contributed by atoms with van der Waals surface area (Å²) < 4.78 is 13.7. The van der Waals surface area contributed by atoms with E-state index >= 15 is 0 Å². The van der Waals surface area contributed by atoms with Crippen LogP contribution in [0.2, 0.25) is 0 Å². The molecule has 5 heteroatoms. The van der Waals surface area contributed by atoms with E-state index in [0.717, 1.165) is 38.0 Å². The van der Waals surface area contributed by atoms with Gasteiger partial charge in [-0.15, -0.1) is 0 Å². The zero-order valence-electron chi connectivity index (χ0n) is 12.2. The number of rotatable bonds is 5. The number of carboxylic acids is 1. The van der Waals surface area contributed by atoms with Crippen molar-refractivity contribution >= 4 is 21.9 Å². The molecule has 116 valence electrons. The van der Waals surface area contributed by atoms with Crippen LogP contribution in [0, 0.1) is 11.2 Å². The molecule has 1 N–H and O–H groups in total. The van der Waals surface area contributed by atoms with Crippen LogP contribution in [-0.4, -0.2) is 29.1 Å². The molecule has 1 aromatic carbocycles. The van der Waals surface area contributed by atoms with E-state index in [1.165, 1.54) is 6.07 Å². The first-order chi connectivity index (χ1) is 9.97. The number of nitrogens with zero attached hydrogens (tertiary/aromatic N) is 1. The molecule has 0 amide bonds. The maximum atomic E-state index is 13.2. The second kappa shape index (κ2) is 6.88. The quantitative estimate of drug-likeness (QED) is 0.863. The molecule has 1 aromatic rings. The molecule has 0 saturated carbocycles. The molecular weight excluding hydrogens is 337 g/mol. The van der Waals surface area contributed by atoms with Gasteiger partial charge in [0, 0.05) is 6.54 Å². The van der Waals surface area contributed by atoms with Gasteiger partial charge in [-0.2, -0.15) is 0 Å². The molecular formula is C16H21BrFNO2. The van der Waals surface area contributed by atoms with Gasteiger partial charge in [0.15, 0.2) is 0 Å². The molecule has 21 heavy (non-hydrogen) atoms. The van der Waals surface area contributed by atoms with Gasteiger partial charge in [-0.05, 0) is 66.0 Å². The minimum absolute atomic E-state index is 0.259. The first-order valence-electron chi connectivity index (χ1n) is 7.36. The van der Waals surface area contributed by atoms with E-state index < -0.39 is 11.4 Å². The van der Waals surface area contributed by atoms with Gasteiger partial charge >= 0.3 is 5.97 Å². The fraction of sp³-hybridized carbons (Fsp3) is 0.562. The molecule has 1 saturated heterocycles. The number of hydrogen-bond acceptors (Lipinski definition) is 2. The Morgan fingerprint density at radius 2 is 2.10 bits per heavy atom. The number of aliphatic carboxylic acids is 1. The van der Waals surface area contributed by atoms with Crippen LogP contribution in [0.25, 0.3) is 0 Å². The van der Waals surface area contributed by atoms with Gasteiger partial charge in [0.05, 0.1) is 9.89 Å². The van der Waals surface area contributed by atoms with Crippen LogP contribution in [-0.2, 0) is 11.3 Å². The molecule has 1 aliphatic rings. The fourth-order valence-electron chi connectivity index (χ4n) is 3.08. The van der Waals surface area contributed by atoms with E-state index in [1.807, 2.05) is 6.92 Å². The molecule has 0 unspecified atom stereocenters. The first kappa shape index (κ1) is 16.4. The molecule has 0 bridgehead atoms. The normalized spacial score (nSPS) is 18.6. The zero-order valence-corrected chi connectivity index (χ0v) is 13.8. The Kier molecular flexibility index (Phi) is 5.38. The lowest BCUT2D eigenvalue weighted by Gasteiger charge is -2.38. The molecule has 1 heterocycles. The lowest BCUT2D eigenvalue weighted by atomic mass is 9.75. The maximum absolute atomic E-state index is 13.2. The van der Waals surface area contributed by atoms with Crippen LogP contribution in [0.3, 0.4) is 0 Å². The second-order valence-electron chi connectivity index (χ2n) is 5.86. The van der Waals surface area contributed by atoms with Crippen molar-refractivity contribution in [2.45, 2.75) is 39.2 Å². The molecule has 0 aliphatic carbocycles. The van der Waals surface area contributed by atoms with Gasteiger partial charge in [-0.1, -0.05) is 19.4 Å². The summed E-state index contributed by atoms with van der Waals surface area (Å²) in [4.78, 5) is 13.8. The van der Waals surface area contributed by atoms with Crippen LogP contribution in [0.1, 0.15) is 38.2 Å². The summed E-state index contributed by atoms with van der Waals surface area (Å²) in [5.41, 5.74) is 0.496. The van der Waals surface area contributed by atoms with Crippen molar-refractivity contribution in [3.63, 3.8) is 0 Å². The highest BCUT2D eigenvalue weighted by atomic mass is 79.9. The Labute approximate surface area is 133 Å². The topological polar surface area (TPSA) is 40.5 Å². The zero-order chi connectivity index (χ0) is 15.5. The van der Waals surface area contributed by atoms with Gasteiger partial charge < -0.3 is 5.11 Å². The molecule has 0 atom stereocenters. The largest absolute Gasteiger partial charge is 0.481 e. The van der Waals surface area contributed by atoms with Crippen LogP contribution in [0.5, 0.6) is 0 Å². The fourth-order valence-corrected chi connectivity index (χ4v) is 3.51. The number of carbonyl (C=O) groups is 1. The summed E-state index contributed by atoms with van der Waals surface area (Å²) in [6, 6.07) is 5.04. The minimum Gasteiger partial charge on any atom is -0.481 e. The van der Waals surface area contributed by atoms with Gasteiger partial charge in [0.2, 0.25) is 0 Å². The van der Waals surface area contributed by atoms with E-state index in [-0.39, 0.29) is 5.82 Å². The molecule has 1 aliphatic heterocycles. The Morgan fingerprint density at radius 1 is 1.43 bits per heavy atom. The Hall–Kier alpha value is -0.940. The number of hydrogen-bond donors (Lipinski definition) is 1. The van der Waals surface area contributed by atoms with Crippen molar-refractivity contribution in [1.29, 1.82) is 0 Å². The van der Waals surface area contributed by atoms with Gasteiger partial charge in [-0.25, -0.2) is 4.39 Å². The van der Waals surface area contributed by atoms with Crippen LogP contribution < -0.4 is 0 Å². The molecule has 0 radical (unpaired) electrons. The van der Waals surface area contributed by atoms with E-state index in [4.69, 9.17) is 0 Å². The van der Waals surface area contributed by atoms with Crippen LogP contribution in [0.15, 0.2) is 22.7 Å². The Bertz CT molecular complexity index is 513. The van der Waals surface area contributed by atoms with E-state index in [9.17, 15) is 14.3 Å². The minimum atomic E-state index is -0.659. The van der Waals surface area contributed by atoms with Crippen molar-refractivity contribution in [3.05, 3.63) is 34.1 Å². The molecule has 0 aromatic heterocycles. The van der Waals surface area contributed by atoms with Gasteiger partial charge in [-0.3, -0.25) is 9.69 Å². The molecule has 0 spiro atoms. The van der Waals surface area contributed by atoms with Crippen LogP contribution in [0.4, 0.5) is 4.39 Å². The molecule has 3 nitrogen and oxygen atoms in total. The number of likely N-dealkylation sites (tertiary alicyclic amines) is 1. The Balaban J connectivity index is 1.97. The average Bonchev–Trinajstić information content (AvgIpc) is 2.45. The molecule has 1 fully saturated rings. The maximum Gasteiger partial charge on any atom is 0.309 e. The van der Waals surface area contributed by atoms with Crippen LogP contribution >= 0.6 is 15.9 Å². The number of benzene rings is 1. The SMILES string of the molecule is CCCC1(C(=O)O)CCN(Cc2ccc(F)c(Br)c2)CC1. The Morgan fingerprint density at radius 3 is 2.62 bits per heavy atom. The summed E-state index contributed by atoms with van der Waals surface area (Å²) >= 11 is 3.20. The van der Waals surface area contributed by atoms with Gasteiger partial charge in [0.25, 0.3) is 0 Å². The average molecular weight is 358 g/mol. The lowest BCUT2D eigenvalue weighted by Crippen LogP contribution is -2.44. The standard InChI is InChI=1S/C16H21BrFNO2/c1-2-5-16(15(20)21)6-8-19(9-7-16)11-12-3-4-14(18)13(17)10-12/h3-4,10H,2,5-9,11H2,1H3,(H,20,21). The van der Waals surface area contributed by atoms with Crippen molar-refractivity contribution < 1.29 is 14.3 Å². The van der Waals surface area contributed by atoms with E-state index in [2.05, 4.69) is 20.8 Å². The lowest BCUT2D eigenvalue weighted by molar-refractivity contribution is -0.152. The molecule has 2 rings (SSSR count). The number of piperidine rings is 1. The van der Waals surface area contributed by atoms with Crippen molar-refractivity contribution in [1.82, 2.24) is 4.90 Å². The monoisotopic (exact) mass is 357 g/mol. The third-order valence-corrected chi connectivity index (χ3v) is 4.99. The highest BCUT2D eigenvalue weighted by molar-refractivity contribution is 9.10. The van der Waals surface area contributed by atoms with E-state index in [0.29, 0.717) is 17.3 Å². The predicted molar refractivity (Wildman–Crippen MR) is 83.6 cm³/mol. The summed E-state index contributed by atoms with van der Waals surface area (Å²) in [6.45, 7) is 4.33. The number of halogens is 2. The van der Waals surface area contributed by atoms with E-state index in [1.54, 1.807) is 12.1 Å². The first-order valence-corrected chi connectivity index (χ1v) is 8.16. The summed E-state index contributed by atoms with van der Waals surface area (Å²) in [5.74, 6) is -0.918. The number of carboxylic acid groups (broad SMARTS) is 1. The third kappa shape index (κ3) is 3.83. The van der Waals surface area contributed by atoms with Crippen molar-refractivity contribution in [2.75, 3.05) is 13.1 Å². The highest BCUT2D eigenvalue weighted by Crippen LogP contribution is 2.37. The second-order valence-corrected chi connectivity index (χ2v) is 6.71. The van der Waals surface area contributed by atoms with Crippen molar-refractivity contribution in [2.24, 2.45) is 5.41 Å². The smallest absolute Gasteiger partial charge is 0.309 e. The summed E-state index contributed by atoms with van der Waals surface area (Å²) in [6.07, 6.45) is 3.03. The highest BCUT2D eigenvalue weighted by Gasteiger charge is 2.40. The third-order valence-electron chi connectivity index (χ3n) is 4.39. The predicted octanol–water partition coefficient (Wildman–Crippen LogP) is 4.06. The van der Waals surface area contributed by atoms with Gasteiger partial charge in [0.1, 0.15) is 5.82 Å². The summed E-state index contributed by atoms with van der Waals surface area (Å²) in [7, 11) is 0.